The van der Waals surface area contributed by atoms with E-state index < -0.39 is 23.4 Å². The average Bonchev–Trinajstić information content (AvgIpc) is 3.54. The Morgan fingerprint density at radius 3 is 2.35 bits per heavy atom. The molecule has 1 saturated carbocycles. The van der Waals surface area contributed by atoms with Crippen LogP contribution in [0.25, 0.3) is 0 Å². The van der Waals surface area contributed by atoms with Gasteiger partial charge >= 0.3 is 12.2 Å². The number of nitrogens with one attached hydrogen (secondary N) is 1. The predicted molar refractivity (Wildman–Crippen MR) is 123 cm³/mol. The first-order valence-electron chi connectivity index (χ1n) is 11.8. The van der Waals surface area contributed by atoms with Crippen molar-refractivity contribution >= 4 is 16.8 Å². The molecule has 2 atom stereocenters. The van der Waals surface area contributed by atoms with E-state index in [9.17, 15) is 22.2 Å². The molecule has 6 nitrogen and oxygen atoms in total. The van der Waals surface area contributed by atoms with Gasteiger partial charge in [0, 0.05) is 71.9 Å². The monoisotopic (exact) mass is 494 g/mol. The van der Waals surface area contributed by atoms with E-state index in [0.717, 1.165) is 23.4 Å². The zero-order valence-electron chi connectivity index (χ0n) is 18.9. The van der Waals surface area contributed by atoms with Crippen molar-refractivity contribution in [3.63, 3.8) is 0 Å². The van der Waals surface area contributed by atoms with Crippen LogP contribution in [0.3, 0.4) is 0 Å². The van der Waals surface area contributed by atoms with Gasteiger partial charge in [0.05, 0.1) is 12.1 Å². The van der Waals surface area contributed by atoms with Crippen LogP contribution in [0, 0.1) is 0 Å². The first-order valence-corrected chi connectivity index (χ1v) is 13.3. The second kappa shape index (κ2) is 9.36. The van der Waals surface area contributed by atoms with Crippen LogP contribution >= 0.6 is 0 Å². The van der Waals surface area contributed by atoms with Crippen LogP contribution in [0.15, 0.2) is 30.3 Å². The SMILES string of the molecule is O=C(N1CCS(=O)CC1)N1CC(c2ccc(CC(F)(F)F)cc2)CC(c2cc(C3CC3)[nH]n2)C1. The summed E-state index contributed by atoms with van der Waals surface area (Å²) in [6.07, 6.45) is -2.07. The first-order chi connectivity index (χ1) is 16.2. The molecule has 10 heteroatoms. The predicted octanol–water partition coefficient (Wildman–Crippen LogP) is 4.15. The maximum absolute atomic E-state index is 13.3. The molecule has 2 unspecified atom stereocenters. The number of aromatic amines is 1. The summed E-state index contributed by atoms with van der Waals surface area (Å²) in [4.78, 5) is 17.0. The molecule has 1 aliphatic carbocycles. The molecule has 3 aliphatic rings. The number of carbonyl (C=O) groups is 1. The number of carbonyl (C=O) groups excluding carboxylic acids is 1. The molecule has 1 aromatic heterocycles. The first kappa shape index (κ1) is 23.4. The minimum absolute atomic E-state index is 0.00244. The lowest BCUT2D eigenvalue weighted by Gasteiger charge is -2.40. The summed E-state index contributed by atoms with van der Waals surface area (Å²) in [6, 6.07) is 8.67. The summed E-state index contributed by atoms with van der Waals surface area (Å²) in [5.41, 5.74) is 3.26. The molecule has 5 rings (SSSR count). The average molecular weight is 495 g/mol. The second-order valence-electron chi connectivity index (χ2n) is 9.71. The van der Waals surface area contributed by atoms with Gasteiger partial charge in [0.2, 0.25) is 0 Å². The van der Waals surface area contributed by atoms with E-state index in [1.54, 1.807) is 17.0 Å². The number of hydrogen-bond donors (Lipinski definition) is 1. The van der Waals surface area contributed by atoms with Crippen LogP contribution in [0.1, 0.15) is 59.5 Å². The van der Waals surface area contributed by atoms with E-state index in [1.807, 2.05) is 4.90 Å². The molecular weight excluding hydrogens is 465 g/mol. The lowest BCUT2D eigenvalue weighted by molar-refractivity contribution is -0.127. The molecule has 2 amide bonds. The Hall–Kier alpha value is -2.36. The highest BCUT2D eigenvalue weighted by molar-refractivity contribution is 7.85. The molecule has 2 saturated heterocycles. The lowest BCUT2D eigenvalue weighted by Crippen LogP contribution is -2.52. The highest BCUT2D eigenvalue weighted by Crippen LogP contribution is 2.41. The molecule has 2 aromatic rings. The Bertz CT molecular complexity index is 1040. The molecular formula is C24H29F3N4O2S. The van der Waals surface area contributed by atoms with Gasteiger partial charge in [0.15, 0.2) is 0 Å². The lowest BCUT2D eigenvalue weighted by atomic mass is 9.82. The normalized spacial score (nSPS) is 24.4. The van der Waals surface area contributed by atoms with Gasteiger partial charge in [0.25, 0.3) is 0 Å². The molecule has 0 spiro atoms. The van der Waals surface area contributed by atoms with Crippen molar-refractivity contribution in [3.05, 3.63) is 52.8 Å². The number of halogens is 3. The third-order valence-corrected chi connectivity index (χ3v) is 8.35. The Kier molecular flexibility index (Phi) is 6.43. The molecule has 1 N–H and O–H groups in total. The molecule has 34 heavy (non-hydrogen) atoms. The van der Waals surface area contributed by atoms with Crippen LogP contribution in [0.2, 0.25) is 0 Å². The Morgan fingerprint density at radius 1 is 1.03 bits per heavy atom. The largest absolute Gasteiger partial charge is 0.393 e. The highest BCUT2D eigenvalue weighted by atomic mass is 32.2. The van der Waals surface area contributed by atoms with Crippen molar-refractivity contribution in [1.82, 2.24) is 20.0 Å². The fraction of sp³-hybridized carbons (Fsp3) is 0.583. The molecule has 0 bridgehead atoms. The number of hydrogen-bond acceptors (Lipinski definition) is 3. The van der Waals surface area contributed by atoms with E-state index in [0.29, 0.717) is 43.6 Å². The van der Waals surface area contributed by atoms with Gasteiger partial charge in [-0.2, -0.15) is 18.3 Å². The van der Waals surface area contributed by atoms with Gasteiger partial charge in [-0.3, -0.25) is 9.31 Å². The van der Waals surface area contributed by atoms with Crippen LogP contribution < -0.4 is 0 Å². The third kappa shape index (κ3) is 5.47. The Morgan fingerprint density at radius 2 is 1.71 bits per heavy atom. The summed E-state index contributed by atoms with van der Waals surface area (Å²) in [5.74, 6) is 1.59. The molecule has 1 aromatic carbocycles. The van der Waals surface area contributed by atoms with Gasteiger partial charge in [0.1, 0.15) is 0 Å². The second-order valence-corrected chi connectivity index (χ2v) is 11.4. The Labute approximate surface area is 199 Å². The van der Waals surface area contributed by atoms with E-state index in [-0.39, 0.29) is 23.4 Å². The Balaban J connectivity index is 1.36. The van der Waals surface area contributed by atoms with Crippen molar-refractivity contribution in [1.29, 1.82) is 0 Å². The minimum atomic E-state index is -4.24. The summed E-state index contributed by atoms with van der Waals surface area (Å²) in [7, 11) is -0.868. The zero-order valence-corrected chi connectivity index (χ0v) is 19.7. The van der Waals surface area contributed by atoms with Gasteiger partial charge in [-0.05, 0) is 36.5 Å². The highest BCUT2D eigenvalue weighted by Gasteiger charge is 2.36. The minimum Gasteiger partial charge on any atom is -0.323 e. The van der Waals surface area contributed by atoms with Crippen LogP contribution in [0.4, 0.5) is 18.0 Å². The number of aromatic nitrogens is 2. The van der Waals surface area contributed by atoms with Crippen molar-refractivity contribution in [2.24, 2.45) is 0 Å². The van der Waals surface area contributed by atoms with Gasteiger partial charge < -0.3 is 9.80 Å². The van der Waals surface area contributed by atoms with E-state index in [2.05, 4.69) is 16.3 Å². The number of alkyl halides is 3. The van der Waals surface area contributed by atoms with Gasteiger partial charge in [-0.25, -0.2) is 4.79 Å². The molecule has 184 valence electrons. The number of amides is 2. The van der Waals surface area contributed by atoms with Crippen molar-refractivity contribution in [3.8, 4) is 0 Å². The summed E-state index contributed by atoms with van der Waals surface area (Å²) in [5, 5.41) is 7.71. The van der Waals surface area contributed by atoms with Crippen LogP contribution in [0.5, 0.6) is 0 Å². The number of piperidine rings is 1. The number of nitrogens with zero attached hydrogens (tertiary/aromatic N) is 3. The molecule has 3 fully saturated rings. The standard InChI is InChI=1S/C24H29F3N4O2S/c25-24(26,27)13-16-1-3-17(4-2-16)19-11-20(22-12-21(28-29-22)18-5-6-18)15-31(14-19)23(32)30-7-9-34(33)10-8-30/h1-4,12,18-20H,5-11,13-15H2,(H,28,29). The van der Waals surface area contributed by atoms with Crippen LogP contribution in [-0.4, -0.2) is 74.1 Å². The van der Waals surface area contributed by atoms with Crippen molar-refractivity contribution in [2.45, 2.75) is 49.6 Å². The van der Waals surface area contributed by atoms with E-state index in [4.69, 9.17) is 0 Å². The quantitative estimate of drug-likeness (QED) is 0.694. The molecule has 0 radical (unpaired) electrons. The zero-order chi connectivity index (χ0) is 23.9. The summed E-state index contributed by atoms with van der Waals surface area (Å²) in [6.45, 7) is 2.03. The third-order valence-electron chi connectivity index (χ3n) is 7.08. The fourth-order valence-electron chi connectivity index (χ4n) is 5.04. The van der Waals surface area contributed by atoms with E-state index >= 15 is 0 Å². The van der Waals surface area contributed by atoms with Gasteiger partial charge in [-0.15, -0.1) is 0 Å². The topological polar surface area (TPSA) is 69.3 Å². The number of likely N-dealkylation sites (tertiary alicyclic amines) is 1. The molecule has 3 heterocycles. The van der Waals surface area contributed by atoms with Gasteiger partial charge in [-0.1, -0.05) is 24.3 Å². The summed E-state index contributed by atoms with van der Waals surface area (Å²) < 4.78 is 50.0. The van der Waals surface area contributed by atoms with Crippen molar-refractivity contribution < 1.29 is 22.2 Å². The van der Waals surface area contributed by atoms with Crippen LogP contribution in [-0.2, 0) is 17.2 Å². The number of urea groups is 1. The molecule has 2 aliphatic heterocycles. The number of H-pyrrole nitrogens is 1. The number of rotatable bonds is 4. The smallest absolute Gasteiger partial charge is 0.323 e. The maximum atomic E-state index is 13.3. The van der Waals surface area contributed by atoms with E-state index in [1.165, 1.54) is 25.0 Å². The van der Waals surface area contributed by atoms with Crippen molar-refractivity contribution in [2.75, 3.05) is 37.7 Å². The maximum Gasteiger partial charge on any atom is 0.393 e. The fourth-order valence-corrected chi connectivity index (χ4v) is 6.10. The summed E-state index contributed by atoms with van der Waals surface area (Å²) >= 11 is 0. The number of benzene rings is 1.